The average molecular weight is 180 g/mol. The fraction of sp³-hybridized carbons (Fsp3) is 0.636. The lowest BCUT2D eigenvalue weighted by Crippen LogP contribution is -2.14. The minimum Gasteiger partial charge on any atom is -0.127 e. The number of fused-ring (bicyclic) bond motifs is 1. The third-order valence-corrected chi connectivity index (χ3v) is 4.36. The van der Waals surface area contributed by atoms with Crippen LogP contribution in [0.4, 0.5) is 0 Å². The molecule has 0 fully saturated rings. The van der Waals surface area contributed by atoms with Gasteiger partial charge in [0.25, 0.3) is 0 Å². The zero-order valence-corrected chi connectivity index (χ0v) is 8.66. The molecule has 2 aliphatic rings. The predicted molar refractivity (Wildman–Crippen MR) is 56.2 cm³/mol. The van der Waals surface area contributed by atoms with Crippen LogP contribution in [-0.2, 0) is 0 Å². The lowest BCUT2D eigenvalue weighted by Gasteiger charge is -2.22. The lowest BCUT2D eigenvalue weighted by molar-refractivity contribution is 0.588. The maximum Gasteiger partial charge on any atom is 0.0192 e. The van der Waals surface area contributed by atoms with E-state index >= 15 is 0 Å². The third-order valence-electron chi connectivity index (χ3n) is 2.79. The highest BCUT2D eigenvalue weighted by atomic mass is 32.2. The van der Waals surface area contributed by atoms with Gasteiger partial charge in [0.15, 0.2) is 0 Å². The average Bonchev–Trinajstić information content (AvgIpc) is 2.46. The van der Waals surface area contributed by atoms with Crippen molar-refractivity contribution in [2.45, 2.75) is 38.4 Å². The summed E-state index contributed by atoms with van der Waals surface area (Å²) in [6.07, 6.45) is 8.76. The lowest BCUT2D eigenvalue weighted by atomic mass is 9.89. The van der Waals surface area contributed by atoms with Crippen LogP contribution in [-0.4, -0.2) is 5.25 Å². The smallest absolute Gasteiger partial charge is 0.0192 e. The molecule has 1 aliphatic carbocycles. The van der Waals surface area contributed by atoms with Crippen molar-refractivity contribution in [1.29, 1.82) is 0 Å². The van der Waals surface area contributed by atoms with Gasteiger partial charge < -0.3 is 0 Å². The summed E-state index contributed by atoms with van der Waals surface area (Å²) >= 11 is 2.11. The van der Waals surface area contributed by atoms with Crippen molar-refractivity contribution in [3.8, 4) is 0 Å². The standard InChI is InChI=1S/C11H16S/c1-3-10-7-9-6-8(2)4-5-11(9)12-10/h4,7,9,11H,3,5-6H2,1-2H3. The van der Waals surface area contributed by atoms with E-state index in [1.165, 1.54) is 19.3 Å². The van der Waals surface area contributed by atoms with Crippen LogP contribution >= 0.6 is 11.8 Å². The molecule has 66 valence electrons. The number of thioether (sulfide) groups is 1. The van der Waals surface area contributed by atoms with Crippen molar-refractivity contribution in [3.63, 3.8) is 0 Å². The van der Waals surface area contributed by atoms with Gasteiger partial charge in [-0.3, -0.25) is 0 Å². The van der Waals surface area contributed by atoms with Crippen LogP contribution in [0.2, 0.25) is 0 Å². The molecule has 1 aliphatic heterocycles. The molecular weight excluding hydrogens is 164 g/mol. The largest absolute Gasteiger partial charge is 0.127 e. The summed E-state index contributed by atoms with van der Waals surface area (Å²) in [4.78, 5) is 1.62. The molecule has 0 aromatic heterocycles. The zero-order chi connectivity index (χ0) is 8.55. The van der Waals surface area contributed by atoms with Gasteiger partial charge >= 0.3 is 0 Å². The molecule has 1 heterocycles. The van der Waals surface area contributed by atoms with Gasteiger partial charge in [-0.1, -0.05) is 24.6 Å². The topological polar surface area (TPSA) is 0 Å². The Kier molecular flexibility index (Phi) is 2.31. The number of hydrogen-bond donors (Lipinski definition) is 0. The molecule has 2 atom stereocenters. The van der Waals surface area contributed by atoms with Crippen LogP contribution in [0.1, 0.15) is 33.1 Å². The Balaban J connectivity index is 2.09. The molecule has 2 unspecified atom stereocenters. The highest BCUT2D eigenvalue weighted by Gasteiger charge is 2.29. The molecule has 0 saturated heterocycles. The van der Waals surface area contributed by atoms with Gasteiger partial charge in [0.2, 0.25) is 0 Å². The van der Waals surface area contributed by atoms with Crippen molar-refractivity contribution in [3.05, 3.63) is 22.6 Å². The van der Waals surface area contributed by atoms with Crippen molar-refractivity contribution < 1.29 is 0 Å². The molecular formula is C11H16S. The summed E-state index contributed by atoms with van der Waals surface area (Å²) < 4.78 is 0. The minimum atomic E-state index is 0.856. The van der Waals surface area contributed by atoms with Crippen LogP contribution in [0.15, 0.2) is 22.6 Å². The van der Waals surface area contributed by atoms with E-state index in [0.717, 1.165) is 11.2 Å². The molecule has 1 heteroatoms. The summed E-state index contributed by atoms with van der Waals surface area (Å²) in [6, 6.07) is 0. The van der Waals surface area contributed by atoms with E-state index in [9.17, 15) is 0 Å². The van der Waals surface area contributed by atoms with Crippen LogP contribution in [0.3, 0.4) is 0 Å². The monoisotopic (exact) mass is 180 g/mol. The fourth-order valence-corrected chi connectivity index (χ4v) is 3.41. The molecule has 2 rings (SSSR count). The molecule has 0 aromatic rings. The molecule has 0 bridgehead atoms. The zero-order valence-electron chi connectivity index (χ0n) is 7.84. The van der Waals surface area contributed by atoms with E-state index in [1.807, 2.05) is 0 Å². The Morgan fingerprint density at radius 2 is 2.42 bits per heavy atom. The van der Waals surface area contributed by atoms with Gasteiger partial charge in [-0.05, 0) is 37.0 Å². The molecule has 0 spiro atoms. The highest BCUT2D eigenvalue weighted by molar-refractivity contribution is 8.03. The van der Waals surface area contributed by atoms with Crippen LogP contribution in [0, 0.1) is 5.92 Å². The SMILES string of the molecule is CCC1=CC2CC(C)=CCC2S1. The summed E-state index contributed by atoms with van der Waals surface area (Å²) in [7, 11) is 0. The molecule has 0 N–H and O–H groups in total. The van der Waals surface area contributed by atoms with E-state index in [1.54, 1.807) is 10.5 Å². The van der Waals surface area contributed by atoms with Crippen LogP contribution in [0.5, 0.6) is 0 Å². The van der Waals surface area contributed by atoms with E-state index in [-0.39, 0.29) is 0 Å². The normalized spacial score (nSPS) is 34.2. The maximum absolute atomic E-state index is 2.51. The Morgan fingerprint density at radius 1 is 1.58 bits per heavy atom. The number of rotatable bonds is 1. The Labute approximate surface area is 79.1 Å². The van der Waals surface area contributed by atoms with E-state index in [4.69, 9.17) is 0 Å². The van der Waals surface area contributed by atoms with Gasteiger partial charge in [-0.15, -0.1) is 11.8 Å². The third kappa shape index (κ3) is 1.47. The number of hydrogen-bond acceptors (Lipinski definition) is 1. The van der Waals surface area contributed by atoms with E-state index < -0.39 is 0 Å². The summed E-state index contributed by atoms with van der Waals surface area (Å²) in [6.45, 7) is 4.52. The first kappa shape index (κ1) is 8.43. The van der Waals surface area contributed by atoms with Gasteiger partial charge in [0.1, 0.15) is 0 Å². The molecule has 0 nitrogen and oxygen atoms in total. The predicted octanol–water partition coefficient (Wildman–Crippen LogP) is 3.75. The first-order chi connectivity index (χ1) is 5.79. The van der Waals surface area contributed by atoms with E-state index in [2.05, 4.69) is 37.8 Å². The highest BCUT2D eigenvalue weighted by Crippen LogP contribution is 2.44. The molecule has 0 amide bonds. The van der Waals surface area contributed by atoms with Gasteiger partial charge in [-0.2, -0.15) is 0 Å². The number of allylic oxidation sites excluding steroid dienone is 4. The van der Waals surface area contributed by atoms with Gasteiger partial charge in [0.05, 0.1) is 0 Å². The quantitative estimate of drug-likeness (QED) is 0.554. The summed E-state index contributed by atoms with van der Waals surface area (Å²) in [5.41, 5.74) is 1.59. The molecule has 0 saturated carbocycles. The second kappa shape index (κ2) is 3.29. The van der Waals surface area contributed by atoms with Crippen molar-refractivity contribution in [1.82, 2.24) is 0 Å². The van der Waals surface area contributed by atoms with Gasteiger partial charge in [0, 0.05) is 5.25 Å². The van der Waals surface area contributed by atoms with Crippen molar-refractivity contribution >= 4 is 11.8 Å². The fourth-order valence-electron chi connectivity index (χ4n) is 2.05. The minimum absolute atomic E-state index is 0.856. The first-order valence-corrected chi connectivity index (χ1v) is 5.70. The van der Waals surface area contributed by atoms with Crippen LogP contribution < -0.4 is 0 Å². The first-order valence-electron chi connectivity index (χ1n) is 4.82. The Bertz CT molecular complexity index is 237. The second-order valence-corrected chi connectivity index (χ2v) is 5.16. The molecule has 0 radical (unpaired) electrons. The van der Waals surface area contributed by atoms with Crippen molar-refractivity contribution in [2.24, 2.45) is 5.92 Å². The second-order valence-electron chi connectivity index (χ2n) is 3.80. The molecule has 0 aromatic carbocycles. The summed E-state index contributed by atoms with van der Waals surface area (Å²) in [5, 5.41) is 0.878. The maximum atomic E-state index is 2.51. The Hall–Kier alpha value is -0.170. The van der Waals surface area contributed by atoms with Gasteiger partial charge in [-0.25, -0.2) is 0 Å². The van der Waals surface area contributed by atoms with Crippen LogP contribution in [0.25, 0.3) is 0 Å². The van der Waals surface area contributed by atoms with E-state index in [0.29, 0.717) is 0 Å². The Morgan fingerprint density at radius 3 is 3.17 bits per heavy atom. The summed E-state index contributed by atoms with van der Waals surface area (Å²) in [5.74, 6) is 0.856. The van der Waals surface area contributed by atoms with Crippen molar-refractivity contribution in [2.75, 3.05) is 0 Å². The molecule has 12 heavy (non-hydrogen) atoms.